The molecule has 2 heterocycles. The molecule has 4 rings (SSSR count). The minimum absolute atomic E-state index is 0.225. The molecule has 0 N–H and O–H groups in total. The van der Waals surface area contributed by atoms with E-state index in [0.29, 0.717) is 22.9 Å². The van der Waals surface area contributed by atoms with Gasteiger partial charge in [0.05, 0.1) is 7.11 Å². The van der Waals surface area contributed by atoms with E-state index >= 15 is 0 Å². The monoisotopic (exact) mass is 367 g/mol. The van der Waals surface area contributed by atoms with Crippen LogP contribution in [0.2, 0.25) is 5.02 Å². The first-order valence-corrected chi connectivity index (χ1v) is 8.30. The van der Waals surface area contributed by atoms with Crippen LogP contribution < -0.4 is 9.47 Å². The molecular formula is C20H14ClNO4. The number of carbonyl (C=O) groups excluding carboxylic acids is 1. The highest BCUT2D eigenvalue weighted by Gasteiger charge is 2.25. The number of aliphatic imine (C=N–C) groups is 1. The number of benzene rings is 2. The average molecular weight is 368 g/mol. The molecule has 130 valence electrons. The van der Waals surface area contributed by atoms with Crippen molar-refractivity contribution >= 4 is 29.5 Å². The normalized spacial score (nSPS) is 17.2. The Bertz CT molecular complexity index is 991. The molecule has 2 aliphatic rings. The first-order chi connectivity index (χ1) is 12.6. The molecule has 0 atom stereocenters. The summed E-state index contributed by atoms with van der Waals surface area (Å²) < 4.78 is 16.2. The van der Waals surface area contributed by atoms with E-state index in [1.807, 2.05) is 30.3 Å². The van der Waals surface area contributed by atoms with Crippen molar-refractivity contribution in [1.29, 1.82) is 0 Å². The minimum Gasteiger partial charge on any atom is -0.497 e. The van der Waals surface area contributed by atoms with Gasteiger partial charge in [0.2, 0.25) is 5.90 Å². The molecular weight excluding hydrogens is 354 g/mol. The summed E-state index contributed by atoms with van der Waals surface area (Å²) in [6, 6.07) is 12.6. The summed E-state index contributed by atoms with van der Waals surface area (Å²) in [4.78, 5) is 16.5. The van der Waals surface area contributed by atoms with E-state index < -0.39 is 5.97 Å². The number of esters is 1. The lowest BCUT2D eigenvalue weighted by Gasteiger charge is -2.16. The number of nitrogens with zero attached hydrogens (tertiary/aromatic N) is 1. The van der Waals surface area contributed by atoms with Crippen LogP contribution in [0.25, 0.3) is 6.08 Å². The highest BCUT2D eigenvalue weighted by atomic mass is 35.5. The maximum atomic E-state index is 12.2. The zero-order valence-electron chi connectivity index (χ0n) is 13.9. The molecule has 0 fully saturated rings. The van der Waals surface area contributed by atoms with Crippen LogP contribution in [-0.4, -0.2) is 25.6 Å². The molecule has 2 aromatic rings. The van der Waals surface area contributed by atoms with Crippen LogP contribution >= 0.6 is 11.6 Å². The van der Waals surface area contributed by atoms with Gasteiger partial charge in [0, 0.05) is 16.1 Å². The third kappa shape index (κ3) is 3.21. The van der Waals surface area contributed by atoms with Crippen molar-refractivity contribution < 1.29 is 19.0 Å². The Morgan fingerprint density at radius 1 is 1.23 bits per heavy atom. The third-order valence-electron chi connectivity index (χ3n) is 3.97. The Morgan fingerprint density at radius 3 is 2.96 bits per heavy atom. The number of hydrogen-bond acceptors (Lipinski definition) is 5. The van der Waals surface area contributed by atoms with Crippen LogP contribution in [0.3, 0.4) is 0 Å². The molecule has 6 heteroatoms. The van der Waals surface area contributed by atoms with Crippen molar-refractivity contribution in [2.75, 3.05) is 13.7 Å². The molecule has 0 radical (unpaired) electrons. The number of halogens is 1. The van der Waals surface area contributed by atoms with E-state index in [-0.39, 0.29) is 11.6 Å². The second-order valence-electron chi connectivity index (χ2n) is 5.76. The Hall–Kier alpha value is -3.05. The molecule has 0 bridgehead atoms. The molecule has 0 saturated heterocycles. The van der Waals surface area contributed by atoms with Crippen molar-refractivity contribution in [3.05, 3.63) is 76.0 Å². The predicted molar refractivity (Wildman–Crippen MR) is 98.6 cm³/mol. The van der Waals surface area contributed by atoms with E-state index in [9.17, 15) is 4.79 Å². The lowest BCUT2D eigenvalue weighted by atomic mass is 10.1. The number of rotatable bonds is 3. The number of methoxy groups -OCH3 is 1. The summed E-state index contributed by atoms with van der Waals surface area (Å²) in [6.07, 6.45) is 3.59. The quantitative estimate of drug-likeness (QED) is 0.607. The summed E-state index contributed by atoms with van der Waals surface area (Å²) in [5, 5.41) is 0.621. The Morgan fingerprint density at radius 2 is 2.12 bits per heavy atom. The fourth-order valence-electron chi connectivity index (χ4n) is 2.71. The number of ether oxygens (including phenoxy) is 3. The Balaban J connectivity index is 1.65. The van der Waals surface area contributed by atoms with Gasteiger partial charge in [0.1, 0.15) is 18.1 Å². The van der Waals surface area contributed by atoms with Gasteiger partial charge in [-0.2, -0.15) is 0 Å². The fourth-order valence-corrected chi connectivity index (χ4v) is 2.89. The van der Waals surface area contributed by atoms with Crippen molar-refractivity contribution in [1.82, 2.24) is 0 Å². The van der Waals surface area contributed by atoms with Crippen molar-refractivity contribution in [3.8, 4) is 11.5 Å². The van der Waals surface area contributed by atoms with E-state index in [1.54, 1.807) is 31.4 Å². The van der Waals surface area contributed by atoms with Crippen LogP contribution in [0.1, 0.15) is 11.1 Å². The number of cyclic esters (lactones) is 1. The fraction of sp³-hybridized carbons (Fsp3) is 0.100. The molecule has 2 aliphatic heterocycles. The Kier molecular flexibility index (Phi) is 4.22. The summed E-state index contributed by atoms with van der Waals surface area (Å²) in [5.74, 6) is 1.17. The minimum atomic E-state index is -0.499. The van der Waals surface area contributed by atoms with Gasteiger partial charge in [0.15, 0.2) is 5.70 Å². The molecule has 0 unspecified atom stereocenters. The molecule has 26 heavy (non-hydrogen) atoms. The van der Waals surface area contributed by atoms with Gasteiger partial charge in [-0.25, -0.2) is 9.79 Å². The second kappa shape index (κ2) is 6.69. The van der Waals surface area contributed by atoms with E-state index in [2.05, 4.69) is 4.99 Å². The van der Waals surface area contributed by atoms with E-state index in [4.69, 9.17) is 25.8 Å². The van der Waals surface area contributed by atoms with Gasteiger partial charge in [0.25, 0.3) is 0 Å². The van der Waals surface area contributed by atoms with Gasteiger partial charge < -0.3 is 14.2 Å². The Labute approximate surface area is 155 Å². The standard InChI is InChI=1S/C20H14ClNO4/c1-24-16-4-2-3-13(10-16)19-22-17(20(23)26-19)8-12-7-14-9-15(21)5-6-18(14)25-11-12/h2-10H,11H2,1H3/b17-8-. The first kappa shape index (κ1) is 16.4. The van der Waals surface area contributed by atoms with Crippen LogP contribution in [0.15, 0.2) is 64.8 Å². The lowest BCUT2D eigenvalue weighted by molar-refractivity contribution is -0.130. The average Bonchev–Trinajstić information content (AvgIpc) is 3.02. The lowest BCUT2D eigenvalue weighted by Crippen LogP contribution is -2.08. The third-order valence-corrected chi connectivity index (χ3v) is 4.20. The van der Waals surface area contributed by atoms with Crippen LogP contribution in [-0.2, 0) is 9.53 Å². The number of fused-ring (bicyclic) bond motifs is 1. The van der Waals surface area contributed by atoms with Gasteiger partial charge in [-0.3, -0.25) is 0 Å². The van der Waals surface area contributed by atoms with Crippen molar-refractivity contribution in [2.45, 2.75) is 0 Å². The zero-order chi connectivity index (χ0) is 18.1. The molecule has 0 amide bonds. The summed E-state index contributed by atoms with van der Waals surface area (Å²) in [5.41, 5.74) is 2.57. The molecule has 0 aliphatic carbocycles. The number of carbonyl (C=O) groups is 1. The van der Waals surface area contributed by atoms with Gasteiger partial charge in [-0.1, -0.05) is 17.7 Å². The zero-order valence-corrected chi connectivity index (χ0v) is 14.6. The van der Waals surface area contributed by atoms with Crippen molar-refractivity contribution in [2.24, 2.45) is 4.99 Å². The molecule has 0 aromatic heterocycles. The highest BCUT2D eigenvalue weighted by Crippen LogP contribution is 2.30. The highest BCUT2D eigenvalue weighted by molar-refractivity contribution is 6.30. The topological polar surface area (TPSA) is 57.1 Å². The van der Waals surface area contributed by atoms with Gasteiger partial charge in [-0.05, 0) is 54.1 Å². The SMILES string of the molecule is COc1cccc(C2=N/C(=C\C3=Cc4cc(Cl)ccc4OC3)C(=O)O2)c1. The maximum absolute atomic E-state index is 12.2. The summed E-state index contributed by atoms with van der Waals surface area (Å²) >= 11 is 6.02. The van der Waals surface area contributed by atoms with Gasteiger partial charge >= 0.3 is 5.97 Å². The maximum Gasteiger partial charge on any atom is 0.363 e. The first-order valence-electron chi connectivity index (χ1n) is 7.92. The molecule has 0 spiro atoms. The van der Waals surface area contributed by atoms with E-state index in [0.717, 1.165) is 16.9 Å². The number of hydrogen-bond donors (Lipinski definition) is 0. The predicted octanol–water partition coefficient (Wildman–Crippen LogP) is 4.01. The summed E-state index contributed by atoms with van der Waals surface area (Å²) in [7, 11) is 1.58. The van der Waals surface area contributed by atoms with Crippen molar-refractivity contribution in [3.63, 3.8) is 0 Å². The van der Waals surface area contributed by atoms with Crippen LogP contribution in [0, 0.1) is 0 Å². The second-order valence-corrected chi connectivity index (χ2v) is 6.19. The largest absolute Gasteiger partial charge is 0.497 e. The van der Waals surface area contributed by atoms with Crippen LogP contribution in [0.4, 0.5) is 0 Å². The van der Waals surface area contributed by atoms with E-state index in [1.165, 1.54) is 0 Å². The smallest absolute Gasteiger partial charge is 0.363 e. The molecule has 0 saturated carbocycles. The van der Waals surface area contributed by atoms with Crippen LogP contribution in [0.5, 0.6) is 11.5 Å². The molecule has 5 nitrogen and oxygen atoms in total. The molecule has 2 aromatic carbocycles. The van der Waals surface area contributed by atoms with Gasteiger partial charge in [-0.15, -0.1) is 0 Å². The summed E-state index contributed by atoms with van der Waals surface area (Å²) in [6.45, 7) is 0.343.